The molecule has 4 heteroatoms. The first kappa shape index (κ1) is 15.7. The number of Topliss-reactive ketones (excluding diaryl/α,β-unsaturated/α-hetero) is 1. The SMILES string of the molecule is CC(=O)Cc1ccccc1N=c1sc(C(C)C)c(C)n1C. The Morgan fingerprint density at radius 3 is 2.57 bits per heavy atom. The van der Waals surface area contributed by atoms with Crippen LogP contribution in [0.3, 0.4) is 0 Å². The lowest BCUT2D eigenvalue weighted by Crippen LogP contribution is -2.11. The topological polar surface area (TPSA) is 34.4 Å². The molecular weight excluding hydrogens is 280 g/mol. The summed E-state index contributed by atoms with van der Waals surface area (Å²) in [7, 11) is 2.05. The van der Waals surface area contributed by atoms with Crippen molar-refractivity contribution in [2.24, 2.45) is 12.0 Å². The fourth-order valence-electron chi connectivity index (χ4n) is 2.32. The Balaban J connectivity index is 2.55. The number of carbonyl (C=O) groups is 1. The van der Waals surface area contributed by atoms with Gasteiger partial charge in [0.15, 0.2) is 4.80 Å². The van der Waals surface area contributed by atoms with E-state index >= 15 is 0 Å². The van der Waals surface area contributed by atoms with Crippen molar-refractivity contribution in [1.82, 2.24) is 4.57 Å². The smallest absolute Gasteiger partial charge is 0.190 e. The minimum Gasteiger partial charge on any atom is -0.324 e. The van der Waals surface area contributed by atoms with Crippen LogP contribution in [-0.2, 0) is 18.3 Å². The number of nitrogens with zero attached hydrogens (tertiary/aromatic N) is 2. The van der Waals surface area contributed by atoms with Gasteiger partial charge in [-0.2, -0.15) is 0 Å². The first-order valence-corrected chi connectivity index (χ1v) is 8.00. The fourth-order valence-corrected chi connectivity index (χ4v) is 3.46. The summed E-state index contributed by atoms with van der Waals surface area (Å²) in [6.45, 7) is 8.15. The Hall–Kier alpha value is -1.68. The van der Waals surface area contributed by atoms with E-state index in [0.717, 1.165) is 16.1 Å². The van der Waals surface area contributed by atoms with Gasteiger partial charge in [0.25, 0.3) is 0 Å². The van der Waals surface area contributed by atoms with Crippen LogP contribution in [0.2, 0.25) is 0 Å². The lowest BCUT2D eigenvalue weighted by atomic mass is 10.1. The summed E-state index contributed by atoms with van der Waals surface area (Å²) in [5.41, 5.74) is 3.14. The third kappa shape index (κ3) is 3.50. The average Bonchev–Trinajstić information content (AvgIpc) is 2.69. The molecule has 1 heterocycles. The highest BCUT2D eigenvalue weighted by molar-refractivity contribution is 7.09. The number of carbonyl (C=O) groups excluding carboxylic acids is 1. The zero-order valence-electron chi connectivity index (χ0n) is 13.3. The monoisotopic (exact) mass is 302 g/mol. The Bertz CT molecular complexity index is 723. The molecule has 2 rings (SSSR count). The van der Waals surface area contributed by atoms with E-state index in [0.29, 0.717) is 12.3 Å². The molecule has 0 aliphatic carbocycles. The second-order valence-corrected chi connectivity index (χ2v) is 6.68. The fraction of sp³-hybridized carbons (Fsp3) is 0.412. The van der Waals surface area contributed by atoms with Crippen LogP contribution in [-0.4, -0.2) is 10.4 Å². The minimum absolute atomic E-state index is 0.159. The van der Waals surface area contributed by atoms with Gasteiger partial charge in [0.2, 0.25) is 0 Å². The molecular formula is C17H22N2OS. The number of para-hydroxylation sites is 1. The van der Waals surface area contributed by atoms with E-state index in [4.69, 9.17) is 4.99 Å². The number of hydrogen-bond donors (Lipinski definition) is 0. The van der Waals surface area contributed by atoms with Crippen LogP contribution < -0.4 is 4.80 Å². The maximum absolute atomic E-state index is 11.4. The van der Waals surface area contributed by atoms with Crippen LogP contribution in [0.5, 0.6) is 0 Å². The normalized spacial score (nSPS) is 12.2. The maximum atomic E-state index is 11.4. The van der Waals surface area contributed by atoms with Crippen molar-refractivity contribution < 1.29 is 4.79 Å². The molecule has 0 aliphatic heterocycles. The Morgan fingerprint density at radius 2 is 2.00 bits per heavy atom. The van der Waals surface area contributed by atoms with Gasteiger partial charge in [-0.15, -0.1) is 11.3 Å². The minimum atomic E-state index is 0.159. The molecule has 1 aromatic heterocycles. The molecule has 0 N–H and O–H groups in total. The maximum Gasteiger partial charge on any atom is 0.190 e. The summed E-state index contributed by atoms with van der Waals surface area (Å²) in [5.74, 6) is 0.657. The van der Waals surface area contributed by atoms with Crippen LogP contribution >= 0.6 is 11.3 Å². The van der Waals surface area contributed by atoms with Gasteiger partial charge in [0.1, 0.15) is 5.78 Å². The van der Waals surface area contributed by atoms with E-state index in [1.54, 1.807) is 18.3 Å². The van der Waals surface area contributed by atoms with Crippen LogP contribution in [0.25, 0.3) is 0 Å². The first-order chi connectivity index (χ1) is 9.90. The van der Waals surface area contributed by atoms with Crippen LogP contribution in [0.1, 0.15) is 42.8 Å². The summed E-state index contributed by atoms with van der Waals surface area (Å²) in [6.07, 6.45) is 0.435. The van der Waals surface area contributed by atoms with E-state index in [9.17, 15) is 4.79 Å². The van der Waals surface area contributed by atoms with Gasteiger partial charge < -0.3 is 4.57 Å². The third-order valence-corrected chi connectivity index (χ3v) is 5.05. The molecule has 3 nitrogen and oxygen atoms in total. The summed E-state index contributed by atoms with van der Waals surface area (Å²) >= 11 is 1.73. The molecule has 0 amide bonds. The zero-order chi connectivity index (χ0) is 15.6. The van der Waals surface area contributed by atoms with Crippen molar-refractivity contribution in [1.29, 1.82) is 0 Å². The third-order valence-electron chi connectivity index (χ3n) is 3.52. The molecule has 1 aromatic carbocycles. The molecule has 0 unspecified atom stereocenters. The number of thiazole rings is 1. The largest absolute Gasteiger partial charge is 0.324 e. The van der Waals surface area contributed by atoms with E-state index in [1.807, 2.05) is 31.3 Å². The molecule has 21 heavy (non-hydrogen) atoms. The second-order valence-electron chi connectivity index (χ2n) is 5.67. The highest BCUT2D eigenvalue weighted by Crippen LogP contribution is 2.23. The van der Waals surface area contributed by atoms with Gasteiger partial charge in [0.05, 0.1) is 5.69 Å². The Labute approximate surface area is 130 Å². The highest BCUT2D eigenvalue weighted by atomic mass is 32.1. The predicted molar refractivity (Wildman–Crippen MR) is 88.2 cm³/mol. The van der Waals surface area contributed by atoms with Crippen molar-refractivity contribution in [2.75, 3.05) is 0 Å². The molecule has 0 atom stereocenters. The van der Waals surface area contributed by atoms with Crippen molar-refractivity contribution in [3.8, 4) is 0 Å². The number of hydrogen-bond acceptors (Lipinski definition) is 3. The molecule has 0 aliphatic rings. The summed E-state index contributed by atoms with van der Waals surface area (Å²) in [5, 5.41) is 0. The number of ketones is 1. The Morgan fingerprint density at radius 1 is 1.33 bits per heavy atom. The molecule has 0 fully saturated rings. The van der Waals surface area contributed by atoms with Gasteiger partial charge >= 0.3 is 0 Å². The quantitative estimate of drug-likeness (QED) is 0.844. The number of benzene rings is 1. The van der Waals surface area contributed by atoms with E-state index < -0.39 is 0 Å². The average molecular weight is 302 g/mol. The van der Waals surface area contributed by atoms with Gasteiger partial charge in [-0.05, 0) is 31.4 Å². The molecule has 2 aromatic rings. The van der Waals surface area contributed by atoms with E-state index in [-0.39, 0.29) is 5.78 Å². The summed E-state index contributed by atoms with van der Waals surface area (Å²) in [6, 6.07) is 7.87. The predicted octanol–water partition coefficient (Wildman–Crippen LogP) is 3.88. The van der Waals surface area contributed by atoms with Gasteiger partial charge in [-0.1, -0.05) is 32.0 Å². The summed E-state index contributed by atoms with van der Waals surface area (Å²) in [4.78, 5) is 18.5. The molecule has 0 saturated heterocycles. The molecule has 0 bridgehead atoms. The van der Waals surface area contributed by atoms with Gasteiger partial charge in [-0.25, -0.2) is 4.99 Å². The molecule has 0 radical (unpaired) electrons. The van der Waals surface area contributed by atoms with Crippen molar-refractivity contribution >= 4 is 22.8 Å². The van der Waals surface area contributed by atoms with Gasteiger partial charge in [-0.3, -0.25) is 4.79 Å². The zero-order valence-corrected chi connectivity index (χ0v) is 14.1. The highest BCUT2D eigenvalue weighted by Gasteiger charge is 2.11. The lowest BCUT2D eigenvalue weighted by Gasteiger charge is -2.03. The van der Waals surface area contributed by atoms with E-state index in [1.165, 1.54) is 10.6 Å². The van der Waals surface area contributed by atoms with Crippen molar-refractivity contribution in [3.05, 3.63) is 45.2 Å². The van der Waals surface area contributed by atoms with Crippen molar-refractivity contribution in [2.45, 2.75) is 40.0 Å². The molecule has 0 saturated carbocycles. The van der Waals surface area contributed by atoms with E-state index in [2.05, 4.69) is 25.3 Å². The lowest BCUT2D eigenvalue weighted by molar-refractivity contribution is -0.116. The van der Waals surface area contributed by atoms with Crippen LogP contribution in [0.4, 0.5) is 5.69 Å². The molecule has 112 valence electrons. The Kier molecular flexibility index (Phi) is 4.78. The number of aromatic nitrogens is 1. The second kappa shape index (κ2) is 6.39. The van der Waals surface area contributed by atoms with Crippen LogP contribution in [0.15, 0.2) is 29.3 Å². The van der Waals surface area contributed by atoms with Crippen LogP contribution in [0, 0.1) is 6.92 Å². The summed E-state index contributed by atoms with van der Waals surface area (Å²) < 4.78 is 2.13. The number of rotatable bonds is 4. The first-order valence-electron chi connectivity index (χ1n) is 7.18. The molecule has 0 spiro atoms. The standard InChI is InChI=1S/C17H22N2OS/c1-11(2)16-13(4)19(5)17(21-16)18-15-9-7-6-8-14(15)10-12(3)20/h6-9,11H,10H2,1-5H3. The van der Waals surface area contributed by atoms with Crippen molar-refractivity contribution in [3.63, 3.8) is 0 Å². The van der Waals surface area contributed by atoms with Gasteiger partial charge in [0, 0.05) is 24.0 Å².